The first kappa shape index (κ1) is 55.8. The Kier molecular flexibility index (Phi) is 16.9. The zero-order valence-corrected chi connectivity index (χ0v) is 44.0. The summed E-state index contributed by atoms with van der Waals surface area (Å²) in [5, 5.41) is 24.8. The van der Waals surface area contributed by atoms with Crippen LogP contribution in [0.25, 0.3) is 22.3 Å². The van der Waals surface area contributed by atoms with Crippen LogP contribution < -0.4 is 32.1 Å². The summed E-state index contributed by atoms with van der Waals surface area (Å²) in [6.45, 7) is 1.59. The van der Waals surface area contributed by atoms with Gasteiger partial charge in [-0.05, 0) is 85.6 Å². The van der Waals surface area contributed by atoms with Gasteiger partial charge in [0, 0.05) is 60.5 Å². The van der Waals surface area contributed by atoms with Gasteiger partial charge in [-0.2, -0.15) is 0 Å². The highest BCUT2D eigenvalue weighted by molar-refractivity contribution is 6.12. The summed E-state index contributed by atoms with van der Waals surface area (Å²) in [6.07, 6.45) is 6.43. The normalized spacial score (nSPS) is 18.5. The number of unbranched alkanes of at least 4 members (excludes halogenated alkanes) is 2. The Hall–Kier alpha value is -7.98. The number of pyridine rings is 2. The first-order valence-electron chi connectivity index (χ1n) is 26.8. The van der Waals surface area contributed by atoms with E-state index in [4.69, 9.17) is 14.5 Å². The van der Waals surface area contributed by atoms with Crippen molar-refractivity contribution in [3.63, 3.8) is 0 Å². The highest BCUT2D eigenvalue weighted by atomic mass is 19.1. The zero-order valence-electron chi connectivity index (χ0n) is 44.0. The van der Waals surface area contributed by atoms with Crippen LogP contribution in [0, 0.1) is 18.7 Å². The van der Waals surface area contributed by atoms with Gasteiger partial charge in [0.25, 0.3) is 17.4 Å². The van der Waals surface area contributed by atoms with E-state index in [1.54, 1.807) is 50.2 Å². The van der Waals surface area contributed by atoms with Crippen molar-refractivity contribution in [2.45, 2.75) is 128 Å². The van der Waals surface area contributed by atoms with E-state index < -0.39 is 84.3 Å². The fourth-order valence-corrected chi connectivity index (χ4v) is 11.0. The molecule has 3 aliphatic heterocycles. The molecule has 22 heteroatoms. The van der Waals surface area contributed by atoms with E-state index in [1.807, 2.05) is 0 Å². The summed E-state index contributed by atoms with van der Waals surface area (Å²) in [5.74, 6) is -5.45. The first-order chi connectivity index (χ1) is 37.9. The molecule has 4 atom stereocenters. The van der Waals surface area contributed by atoms with Crippen molar-refractivity contribution in [3.05, 3.63) is 110 Å². The number of fused-ring (bicyclic) bond motifs is 5. The molecule has 5 heterocycles. The molecule has 0 radical (unpaired) electrons. The average molecular weight is 1090 g/mol. The molecule has 1 fully saturated rings. The van der Waals surface area contributed by atoms with Crippen molar-refractivity contribution in [1.82, 2.24) is 41.0 Å². The topological polar surface area (TPSA) is 291 Å². The Labute approximate surface area is 453 Å². The molecule has 0 bridgehead atoms. The lowest BCUT2D eigenvalue weighted by Crippen LogP contribution is -2.52. The summed E-state index contributed by atoms with van der Waals surface area (Å²) in [6, 6.07) is 10.6. The van der Waals surface area contributed by atoms with E-state index in [0.29, 0.717) is 72.1 Å². The summed E-state index contributed by atoms with van der Waals surface area (Å²) < 4.78 is 28.4. The first-order valence-corrected chi connectivity index (χ1v) is 26.8. The molecular weight excluding hydrogens is 1020 g/mol. The second kappa shape index (κ2) is 23.9. The fraction of sp³-hybridized carbons (Fsp3) is 0.456. The maximum Gasteiger partial charge on any atom is 0.343 e. The average Bonchev–Trinajstić information content (AvgIpc) is 3.66. The Morgan fingerprint density at radius 3 is 2.30 bits per heavy atom. The minimum atomic E-state index is -2.04. The Balaban J connectivity index is 0.785. The van der Waals surface area contributed by atoms with Crippen LogP contribution >= 0.6 is 0 Å². The predicted molar refractivity (Wildman–Crippen MR) is 281 cm³/mol. The summed E-state index contributed by atoms with van der Waals surface area (Å²) in [5.41, 5.74) is 2.38. The number of ether oxygens (including phenoxy) is 2. The standard InChI is InChI=1S/C57H63FN8O13/c1-3-57(77)38-23-42-53-36(28-66(42)55(75)37(38)29-78-56(57)76)51-34(15-16-35-31(2)39(58)24-40(64-53)52(35)51)22-43(67)44(21-33-13-14-33)79-30-62-47(70)26-61-54(74)41(20-32-10-6-4-7-11-32)63-48(71)27-60-46(69)25-59-45(68)12-8-5-9-19-65-49(72)17-18-50(65)73/h4,6-7,10-11,17-18,23-24,33-34,41,44,77H,3,5,8-9,12-16,19-22,25-30H2,1-2H3,(H,59,68)(H,60,69)(H,61,74)(H,62,70)(H,63,71)/t34-,41+,44+,57+/m1/s1. The predicted octanol–water partition coefficient (Wildman–Crippen LogP) is 2.34. The lowest BCUT2D eigenvalue weighted by molar-refractivity contribution is -0.172. The Morgan fingerprint density at radius 2 is 1.57 bits per heavy atom. The smallest absolute Gasteiger partial charge is 0.343 e. The molecule has 7 amide bonds. The quantitative estimate of drug-likeness (QED) is 0.0212. The second-order valence-corrected chi connectivity index (χ2v) is 20.8. The largest absolute Gasteiger partial charge is 0.458 e. The molecular formula is C57H63FN8O13. The highest BCUT2D eigenvalue weighted by Crippen LogP contribution is 2.48. The number of halogens is 1. The molecule has 0 unspecified atom stereocenters. The van der Waals surface area contributed by atoms with E-state index >= 15 is 4.39 Å². The number of amides is 7. The molecule has 2 aromatic heterocycles. The lowest BCUT2D eigenvalue weighted by Gasteiger charge is -2.31. The highest BCUT2D eigenvalue weighted by Gasteiger charge is 2.46. The third-order valence-electron chi connectivity index (χ3n) is 15.5. The molecule has 79 heavy (non-hydrogen) atoms. The third kappa shape index (κ3) is 12.3. The lowest BCUT2D eigenvalue weighted by atomic mass is 9.76. The summed E-state index contributed by atoms with van der Waals surface area (Å²) in [4.78, 5) is 135. The number of nitrogens with zero attached hydrogens (tertiary/aromatic N) is 3. The minimum Gasteiger partial charge on any atom is -0.458 e. The van der Waals surface area contributed by atoms with Crippen molar-refractivity contribution in [3.8, 4) is 11.4 Å². The maximum atomic E-state index is 15.6. The van der Waals surface area contributed by atoms with Gasteiger partial charge in [0.15, 0.2) is 11.4 Å². The monoisotopic (exact) mass is 1090 g/mol. The number of esters is 1. The van der Waals surface area contributed by atoms with E-state index in [0.717, 1.165) is 34.3 Å². The molecule has 1 saturated carbocycles. The maximum absolute atomic E-state index is 15.6. The van der Waals surface area contributed by atoms with Crippen molar-refractivity contribution in [2.24, 2.45) is 5.92 Å². The number of cyclic esters (lactones) is 1. The number of aryl methyl sites for hydroxylation is 1. The number of aromatic nitrogens is 2. The van der Waals surface area contributed by atoms with Crippen molar-refractivity contribution >= 4 is 64.0 Å². The summed E-state index contributed by atoms with van der Waals surface area (Å²) in [7, 11) is 0. The van der Waals surface area contributed by atoms with Gasteiger partial charge in [-0.25, -0.2) is 14.2 Å². The third-order valence-corrected chi connectivity index (χ3v) is 15.5. The van der Waals surface area contributed by atoms with Crippen LogP contribution in [0.1, 0.15) is 116 Å². The van der Waals surface area contributed by atoms with Gasteiger partial charge in [-0.15, -0.1) is 0 Å². The van der Waals surface area contributed by atoms with Crippen LogP contribution in [0.4, 0.5) is 4.39 Å². The van der Waals surface area contributed by atoms with E-state index in [2.05, 4.69) is 26.6 Å². The fourth-order valence-electron chi connectivity index (χ4n) is 11.0. The van der Waals surface area contributed by atoms with Gasteiger partial charge < -0.3 is 45.7 Å². The number of carbonyl (C=O) groups excluding carboxylic acids is 9. The number of hydrogen-bond donors (Lipinski definition) is 6. The van der Waals surface area contributed by atoms with Crippen LogP contribution in [0.3, 0.4) is 0 Å². The number of rotatable bonds is 25. The number of Topliss-reactive ketones (excluding diaryl/α,β-unsaturated/α-hetero) is 1. The van der Waals surface area contributed by atoms with Gasteiger partial charge in [-0.3, -0.25) is 48.1 Å². The molecule has 2 aliphatic carbocycles. The number of imide groups is 1. The number of hydrogen-bond acceptors (Lipinski definition) is 14. The van der Waals surface area contributed by atoms with Crippen LogP contribution in [0.15, 0.2) is 59.4 Å². The van der Waals surface area contributed by atoms with Crippen LogP contribution in [-0.4, -0.2) is 118 Å². The minimum absolute atomic E-state index is 0.0351. The van der Waals surface area contributed by atoms with E-state index in [9.17, 15) is 53.1 Å². The van der Waals surface area contributed by atoms with Crippen LogP contribution in [-0.2, 0) is 84.2 Å². The zero-order chi connectivity index (χ0) is 56.1. The van der Waals surface area contributed by atoms with Crippen molar-refractivity contribution in [2.75, 3.05) is 32.9 Å². The van der Waals surface area contributed by atoms with Gasteiger partial charge in [-0.1, -0.05) is 56.5 Å². The second-order valence-electron chi connectivity index (χ2n) is 20.8. The molecule has 416 valence electrons. The Bertz CT molecular complexity index is 3230. The molecule has 21 nitrogen and oxygen atoms in total. The SMILES string of the molecule is CC[C@@]1(O)C(=O)OCc2c1cc1n(c2=O)Cc2c-1nc1cc(F)c(C)c3c1c2[C@@H](CC(=O)[C@H](CC1CC1)OCNC(=O)CNC(=O)[C@H](Cc1ccccc1)NC(=O)CNC(=O)CNC(=O)CCCCCN1C(=O)C=CC1=O)CC3. The molecule has 4 aromatic rings. The van der Waals surface area contributed by atoms with Gasteiger partial charge in [0.1, 0.15) is 31.3 Å². The molecule has 6 N–H and O–H groups in total. The molecule has 2 aromatic carbocycles. The van der Waals surface area contributed by atoms with E-state index in [-0.39, 0.29) is 92.7 Å². The molecule has 9 rings (SSSR count). The molecule has 0 saturated heterocycles. The van der Waals surface area contributed by atoms with Crippen LogP contribution in [0.2, 0.25) is 0 Å². The van der Waals surface area contributed by atoms with Crippen molar-refractivity contribution in [1.29, 1.82) is 0 Å². The number of aliphatic hydroxyl groups is 1. The molecule has 0 spiro atoms. The number of carbonyl (C=O) groups is 9. The molecule has 5 aliphatic rings. The number of nitrogens with one attached hydrogen (secondary N) is 5. The number of ketones is 1. The van der Waals surface area contributed by atoms with Gasteiger partial charge >= 0.3 is 5.97 Å². The Morgan fingerprint density at radius 1 is 0.861 bits per heavy atom. The van der Waals surface area contributed by atoms with Gasteiger partial charge in [0.2, 0.25) is 29.5 Å². The summed E-state index contributed by atoms with van der Waals surface area (Å²) >= 11 is 0. The van der Waals surface area contributed by atoms with Crippen molar-refractivity contribution < 1.29 is 62.1 Å². The van der Waals surface area contributed by atoms with E-state index in [1.165, 1.54) is 22.8 Å². The van der Waals surface area contributed by atoms with Crippen LogP contribution in [0.5, 0.6) is 0 Å². The van der Waals surface area contributed by atoms with Gasteiger partial charge in [0.05, 0.1) is 48.6 Å². The number of benzene rings is 2.